The van der Waals surface area contributed by atoms with Crippen molar-refractivity contribution in [3.63, 3.8) is 0 Å². The van der Waals surface area contributed by atoms with Crippen molar-refractivity contribution >= 4 is 46.5 Å². The molecular formula is C24H28N8O3. The van der Waals surface area contributed by atoms with Gasteiger partial charge in [0.2, 0.25) is 23.7 Å². The fraction of sp³-hybridized carbons (Fsp3) is 0.417. The van der Waals surface area contributed by atoms with Crippen molar-refractivity contribution in [3.8, 4) is 0 Å². The van der Waals surface area contributed by atoms with E-state index in [2.05, 4.69) is 31.0 Å². The average Bonchev–Trinajstić information content (AvgIpc) is 3.50. The van der Waals surface area contributed by atoms with Crippen molar-refractivity contribution in [1.29, 1.82) is 0 Å². The van der Waals surface area contributed by atoms with E-state index in [1.807, 2.05) is 36.9 Å². The van der Waals surface area contributed by atoms with E-state index < -0.39 is 5.41 Å². The number of imide groups is 1. The van der Waals surface area contributed by atoms with Crippen LogP contribution in [0.15, 0.2) is 30.6 Å². The number of benzene rings is 1. The molecule has 2 fully saturated rings. The Balaban J connectivity index is 1.39. The molecular weight excluding hydrogens is 448 g/mol. The van der Waals surface area contributed by atoms with Gasteiger partial charge in [0.05, 0.1) is 5.41 Å². The maximum atomic E-state index is 12.4. The normalized spacial score (nSPS) is 19.5. The molecule has 3 aromatic rings. The van der Waals surface area contributed by atoms with Crippen molar-refractivity contribution < 1.29 is 14.4 Å². The number of nitrogens with zero attached hydrogens (tertiary/aromatic N) is 5. The molecule has 0 aliphatic carbocycles. The third-order valence-corrected chi connectivity index (χ3v) is 6.62. The third-order valence-electron chi connectivity index (χ3n) is 6.62. The SMILES string of the molecule is CCCC(=O)Nc1cc(Nc2nc3c(N4CCC5(CC(=O)NC5=O)C4)nccn3n2)ccc1CC. The van der Waals surface area contributed by atoms with E-state index in [1.54, 1.807) is 16.9 Å². The molecule has 5 rings (SSSR count). The van der Waals surface area contributed by atoms with E-state index in [1.165, 1.54) is 0 Å². The summed E-state index contributed by atoms with van der Waals surface area (Å²) < 4.78 is 1.64. The molecule has 4 heterocycles. The van der Waals surface area contributed by atoms with Gasteiger partial charge >= 0.3 is 0 Å². The lowest BCUT2D eigenvalue weighted by molar-refractivity contribution is -0.128. The Morgan fingerprint density at radius 1 is 1.26 bits per heavy atom. The Morgan fingerprint density at radius 2 is 2.11 bits per heavy atom. The maximum Gasteiger partial charge on any atom is 0.247 e. The lowest BCUT2D eigenvalue weighted by Crippen LogP contribution is -2.34. The van der Waals surface area contributed by atoms with Crippen LogP contribution in [0.5, 0.6) is 0 Å². The van der Waals surface area contributed by atoms with Crippen LogP contribution in [-0.2, 0) is 20.8 Å². The van der Waals surface area contributed by atoms with Gasteiger partial charge in [-0.25, -0.2) is 9.50 Å². The lowest BCUT2D eigenvalue weighted by Gasteiger charge is -2.21. The van der Waals surface area contributed by atoms with E-state index in [0.29, 0.717) is 43.3 Å². The van der Waals surface area contributed by atoms with E-state index in [9.17, 15) is 14.4 Å². The number of carbonyl (C=O) groups is 3. The first-order valence-corrected chi connectivity index (χ1v) is 11.9. The van der Waals surface area contributed by atoms with Gasteiger partial charge in [0, 0.05) is 49.7 Å². The fourth-order valence-electron chi connectivity index (χ4n) is 4.80. The Hall–Kier alpha value is -4.02. The molecule has 35 heavy (non-hydrogen) atoms. The van der Waals surface area contributed by atoms with Crippen LogP contribution >= 0.6 is 0 Å². The van der Waals surface area contributed by atoms with Crippen LogP contribution in [0.4, 0.5) is 23.1 Å². The minimum Gasteiger partial charge on any atom is -0.352 e. The lowest BCUT2D eigenvalue weighted by atomic mass is 9.85. The predicted octanol–water partition coefficient (Wildman–Crippen LogP) is 2.41. The molecule has 0 radical (unpaired) electrons. The molecule has 2 aromatic heterocycles. The molecule has 2 saturated heterocycles. The highest BCUT2D eigenvalue weighted by Gasteiger charge is 2.51. The summed E-state index contributed by atoms with van der Waals surface area (Å²) in [5.41, 5.74) is 2.42. The summed E-state index contributed by atoms with van der Waals surface area (Å²) in [6.45, 7) is 5.03. The van der Waals surface area contributed by atoms with E-state index in [4.69, 9.17) is 0 Å². The average molecular weight is 477 g/mol. The second kappa shape index (κ2) is 8.97. The standard InChI is InChI=1S/C24H28N8O3/c1-3-5-18(33)27-17-12-16(7-6-15(17)4-2)26-23-29-21-20(25-9-11-32(21)30-23)31-10-8-24(14-31)13-19(34)28-22(24)35/h6-7,9,11-12H,3-5,8,10,13-14H2,1-2H3,(H,26,30)(H,27,33)(H,28,34,35). The van der Waals surface area contributed by atoms with Crippen LogP contribution in [-0.4, -0.2) is 50.4 Å². The first-order chi connectivity index (χ1) is 16.9. The van der Waals surface area contributed by atoms with Gasteiger partial charge < -0.3 is 15.5 Å². The Bertz CT molecular complexity index is 1320. The van der Waals surface area contributed by atoms with Gasteiger partial charge in [0.15, 0.2) is 11.5 Å². The van der Waals surface area contributed by atoms with Gasteiger partial charge in [0.1, 0.15) is 0 Å². The number of anilines is 4. The highest BCUT2D eigenvalue weighted by molar-refractivity contribution is 6.06. The smallest absolute Gasteiger partial charge is 0.247 e. The van der Waals surface area contributed by atoms with E-state index in [0.717, 1.165) is 29.8 Å². The van der Waals surface area contributed by atoms with Crippen LogP contribution in [0.25, 0.3) is 5.65 Å². The number of rotatable bonds is 7. The quantitative estimate of drug-likeness (QED) is 0.443. The van der Waals surface area contributed by atoms with Gasteiger partial charge in [0.25, 0.3) is 0 Å². The minimum atomic E-state index is -0.702. The summed E-state index contributed by atoms with van der Waals surface area (Å²) >= 11 is 0. The summed E-state index contributed by atoms with van der Waals surface area (Å²) in [7, 11) is 0. The zero-order valence-electron chi connectivity index (χ0n) is 19.8. The third kappa shape index (κ3) is 4.29. The van der Waals surface area contributed by atoms with Crippen LogP contribution in [0.3, 0.4) is 0 Å². The van der Waals surface area contributed by atoms with Gasteiger partial charge in [-0.3, -0.25) is 19.7 Å². The van der Waals surface area contributed by atoms with Crippen LogP contribution < -0.4 is 20.9 Å². The number of carbonyl (C=O) groups excluding carboxylic acids is 3. The largest absolute Gasteiger partial charge is 0.352 e. The van der Waals surface area contributed by atoms with Crippen LogP contribution in [0.2, 0.25) is 0 Å². The zero-order chi connectivity index (χ0) is 24.6. The first kappa shape index (κ1) is 22.8. The molecule has 1 unspecified atom stereocenters. The van der Waals surface area contributed by atoms with Gasteiger partial charge in [-0.2, -0.15) is 4.98 Å². The molecule has 1 aromatic carbocycles. The van der Waals surface area contributed by atoms with Crippen LogP contribution in [0, 0.1) is 5.41 Å². The molecule has 1 spiro atoms. The number of hydrogen-bond donors (Lipinski definition) is 3. The summed E-state index contributed by atoms with van der Waals surface area (Å²) in [5, 5.41) is 13.2. The van der Waals surface area contributed by atoms with E-state index in [-0.39, 0.29) is 24.1 Å². The second-order valence-electron chi connectivity index (χ2n) is 9.11. The number of fused-ring (bicyclic) bond motifs is 1. The van der Waals surface area contributed by atoms with Crippen molar-refractivity contribution in [1.82, 2.24) is 24.9 Å². The topological polar surface area (TPSA) is 134 Å². The number of aryl methyl sites for hydroxylation is 1. The second-order valence-corrected chi connectivity index (χ2v) is 9.11. The van der Waals surface area contributed by atoms with Crippen LogP contribution in [0.1, 0.15) is 45.1 Å². The highest BCUT2D eigenvalue weighted by Crippen LogP contribution is 2.39. The molecule has 1 atom stereocenters. The molecule has 3 amide bonds. The Morgan fingerprint density at radius 3 is 2.86 bits per heavy atom. The highest BCUT2D eigenvalue weighted by atomic mass is 16.2. The number of amides is 3. The molecule has 11 heteroatoms. The summed E-state index contributed by atoms with van der Waals surface area (Å²) in [6.07, 6.45) is 6.20. The Kier molecular flexibility index (Phi) is 5.83. The summed E-state index contributed by atoms with van der Waals surface area (Å²) in [6, 6.07) is 5.79. The summed E-state index contributed by atoms with van der Waals surface area (Å²) in [5.74, 6) is 0.555. The predicted molar refractivity (Wildman–Crippen MR) is 130 cm³/mol. The first-order valence-electron chi connectivity index (χ1n) is 11.9. The van der Waals surface area contributed by atoms with Gasteiger partial charge in [-0.05, 0) is 37.0 Å². The van der Waals surface area contributed by atoms with Gasteiger partial charge in [-0.1, -0.05) is 19.9 Å². The monoisotopic (exact) mass is 476 g/mol. The van der Waals surface area contributed by atoms with Crippen molar-refractivity contribution in [3.05, 3.63) is 36.2 Å². The molecule has 3 N–H and O–H groups in total. The summed E-state index contributed by atoms with van der Waals surface area (Å²) in [4.78, 5) is 47.5. The number of nitrogens with one attached hydrogen (secondary N) is 3. The maximum absolute atomic E-state index is 12.4. The number of hydrogen-bond acceptors (Lipinski definition) is 8. The fourth-order valence-corrected chi connectivity index (χ4v) is 4.80. The molecule has 11 nitrogen and oxygen atoms in total. The molecule has 0 saturated carbocycles. The van der Waals surface area contributed by atoms with Crippen molar-refractivity contribution in [2.75, 3.05) is 28.6 Å². The molecule has 2 aliphatic rings. The Labute approximate surface area is 202 Å². The van der Waals surface area contributed by atoms with Crippen molar-refractivity contribution in [2.24, 2.45) is 5.41 Å². The minimum absolute atomic E-state index is 0.0121. The van der Waals surface area contributed by atoms with Gasteiger partial charge in [-0.15, -0.1) is 5.10 Å². The molecule has 182 valence electrons. The van der Waals surface area contributed by atoms with E-state index >= 15 is 0 Å². The zero-order valence-corrected chi connectivity index (χ0v) is 19.8. The molecule has 2 aliphatic heterocycles. The van der Waals surface area contributed by atoms with Crippen molar-refractivity contribution in [2.45, 2.75) is 46.0 Å². The number of aromatic nitrogens is 4. The molecule has 0 bridgehead atoms.